The van der Waals surface area contributed by atoms with Gasteiger partial charge >= 0.3 is 0 Å². The minimum absolute atomic E-state index is 1.30. The van der Waals surface area contributed by atoms with Crippen molar-refractivity contribution < 1.29 is 0 Å². The van der Waals surface area contributed by atoms with Gasteiger partial charge in [0.2, 0.25) is 0 Å². The topological polar surface area (TPSA) is 0 Å². The standard InChI is InChI=1S/C9H13ClSi/c1-8-5-4-6-9(7-8)11(2,3)10/h4-7H,1-3H3. The van der Waals surface area contributed by atoms with Crippen LogP contribution in [0.5, 0.6) is 0 Å². The fourth-order valence-electron chi connectivity index (χ4n) is 1.01. The summed E-state index contributed by atoms with van der Waals surface area (Å²) in [6.07, 6.45) is 0. The van der Waals surface area contributed by atoms with Crippen LogP contribution in [0.25, 0.3) is 0 Å². The van der Waals surface area contributed by atoms with Gasteiger partial charge in [0.1, 0.15) is 0 Å². The second kappa shape index (κ2) is 3.00. The fourth-order valence-corrected chi connectivity index (χ4v) is 2.43. The van der Waals surface area contributed by atoms with E-state index in [1.165, 1.54) is 10.8 Å². The van der Waals surface area contributed by atoms with Crippen molar-refractivity contribution in [2.24, 2.45) is 0 Å². The Morgan fingerprint density at radius 2 is 1.91 bits per heavy atom. The zero-order valence-corrected chi connectivity index (χ0v) is 8.94. The van der Waals surface area contributed by atoms with Crippen molar-refractivity contribution in [2.75, 3.05) is 0 Å². The molecule has 60 valence electrons. The van der Waals surface area contributed by atoms with Gasteiger partial charge in [-0.25, -0.2) is 0 Å². The molecule has 0 spiro atoms. The van der Waals surface area contributed by atoms with Crippen LogP contribution >= 0.6 is 11.1 Å². The van der Waals surface area contributed by atoms with Crippen molar-refractivity contribution in [3.8, 4) is 0 Å². The van der Waals surface area contributed by atoms with Gasteiger partial charge in [0, 0.05) is 0 Å². The Morgan fingerprint density at radius 1 is 1.27 bits per heavy atom. The van der Waals surface area contributed by atoms with Crippen LogP contribution in [0.3, 0.4) is 0 Å². The third kappa shape index (κ3) is 2.35. The van der Waals surface area contributed by atoms with Crippen LogP contribution in [0.4, 0.5) is 0 Å². The quantitative estimate of drug-likeness (QED) is 0.465. The number of hydrogen-bond donors (Lipinski definition) is 0. The first-order valence-electron chi connectivity index (χ1n) is 3.76. The maximum atomic E-state index is 6.27. The molecule has 0 atom stereocenters. The molecular formula is C9H13ClSi. The molecule has 0 bridgehead atoms. The van der Waals surface area contributed by atoms with Gasteiger partial charge in [-0.05, 0) is 12.1 Å². The molecule has 0 aliphatic carbocycles. The van der Waals surface area contributed by atoms with E-state index in [1.54, 1.807) is 0 Å². The molecule has 0 radical (unpaired) electrons. The predicted octanol–water partition coefficient (Wildman–Crippen LogP) is 2.65. The second-order valence-electron chi connectivity index (χ2n) is 3.34. The van der Waals surface area contributed by atoms with Crippen LogP contribution in [-0.2, 0) is 0 Å². The molecule has 1 aromatic carbocycles. The summed E-state index contributed by atoms with van der Waals surface area (Å²) in [7, 11) is -1.59. The molecule has 2 heteroatoms. The molecule has 0 unspecified atom stereocenters. The molecular weight excluding hydrogens is 172 g/mol. The maximum absolute atomic E-state index is 6.27. The summed E-state index contributed by atoms with van der Waals surface area (Å²) in [5.74, 6) is 0. The molecule has 0 N–H and O–H groups in total. The van der Waals surface area contributed by atoms with Gasteiger partial charge in [0.15, 0.2) is 7.38 Å². The molecule has 1 aromatic rings. The molecule has 0 aliphatic heterocycles. The Morgan fingerprint density at radius 3 is 2.27 bits per heavy atom. The van der Waals surface area contributed by atoms with Gasteiger partial charge < -0.3 is 0 Å². The number of hydrogen-bond acceptors (Lipinski definition) is 0. The molecule has 0 saturated carbocycles. The van der Waals surface area contributed by atoms with Gasteiger partial charge in [-0.2, -0.15) is 11.1 Å². The normalized spacial score (nSPS) is 11.6. The van der Waals surface area contributed by atoms with Gasteiger partial charge in [-0.3, -0.25) is 0 Å². The summed E-state index contributed by atoms with van der Waals surface area (Å²) in [5.41, 5.74) is 1.30. The molecule has 0 nitrogen and oxygen atoms in total. The third-order valence-corrected chi connectivity index (χ3v) is 4.04. The summed E-state index contributed by atoms with van der Waals surface area (Å²) in [5, 5.41) is 1.32. The Hall–Kier alpha value is -0.273. The molecule has 0 fully saturated rings. The second-order valence-corrected chi connectivity index (χ2v) is 9.70. The van der Waals surface area contributed by atoms with E-state index in [4.69, 9.17) is 11.1 Å². The number of aryl methyl sites for hydroxylation is 1. The molecule has 0 amide bonds. The van der Waals surface area contributed by atoms with Crippen LogP contribution in [0, 0.1) is 6.92 Å². The average molecular weight is 185 g/mol. The van der Waals surface area contributed by atoms with Gasteiger partial charge in [0.05, 0.1) is 0 Å². The Labute approximate surface area is 73.9 Å². The van der Waals surface area contributed by atoms with E-state index in [1.807, 2.05) is 0 Å². The highest BCUT2D eigenvalue weighted by Gasteiger charge is 2.19. The van der Waals surface area contributed by atoms with Crippen LogP contribution < -0.4 is 5.19 Å². The molecule has 0 saturated heterocycles. The van der Waals surface area contributed by atoms with Gasteiger partial charge in [-0.15, -0.1) is 0 Å². The summed E-state index contributed by atoms with van der Waals surface area (Å²) >= 11 is 6.27. The van der Waals surface area contributed by atoms with E-state index >= 15 is 0 Å². The molecule has 11 heavy (non-hydrogen) atoms. The molecule has 0 heterocycles. The fraction of sp³-hybridized carbons (Fsp3) is 0.333. The lowest BCUT2D eigenvalue weighted by Gasteiger charge is -2.13. The summed E-state index contributed by atoms with van der Waals surface area (Å²) in [6.45, 7) is 6.38. The summed E-state index contributed by atoms with van der Waals surface area (Å²) in [6, 6.07) is 8.47. The first kappa shape index (κ1) is 8.82. The van der Waals surface area contributed by atoms with E-state index < -0.39 is 7.38 Å². The monoisotopic (exact) mass is 184 g/mol. The largest absolute Gasteiger partial charge is 0.180 e. The van der Waals surface area contributed by atoms with Crippen molar-refractivity contribution >= 4 is 23.6 Å². The van der Waals surface area contributed by atoms with E-state index in [0.717, 1.165) is 0 Å². The minimum Gasteiger partial charge on any atom is -0.162 e. The van der Waals surface area contributed by atoms with E-state index in [0.29, 0.717) is 0 Å². The van der Waals surface area contributed by atoms with Crippen molar-refractivity contribution in [3.63, 3.8) is 0 Å². The summed E-state index contributed by atoms with van der Waals surface area (Å²) < 4.78 is 0. The van der Waals surface area contributed by atoms with Crippen molar-refractivity contribution in [1.82, 2.24) is 0 Å². The average Bonchev–Trinajstić information content (AvgIpc) is 1.86. The van der Waals surface area contributed by atoms with Crippen LogP contribution in [0.15, 0.2) is 24.3 Å². The Kier molecular flexibility index (Phi) is 2.40. The van der Waals surface area contributed by atoms with Crippen molar-refractivity contribution in [2.45, 2.75) is 20.0 Å². The van der Waals surface area contributed by atoms with Crippen molar-refractivity contribution in [1.29, 1.82) is 0 Å². The minimum atomic E-state index is -1.59. The van der Waals surface area contributed by atoms with E-state index in [2.05, 4.69) is 44.3 Å². The van der Waals surface area contributed by atoms with Crippen LogP contribution in [0.2, 0.25) is 13.1 Å². The lowest BCUT2D eigenvalue weighted by molar-refractivity contribution is 1.49. The Bertz CT molecular complexity index is 250. The van der Waals surface area contributed by atoms with Crippen LogP contribution in [0.1, 0.15) is 5.56 Å². The lowest BCUT2D eigenvalue weighted by Crippen LogP contribution is -2.34. The summed E-state index contributed by atoms with van der Waals surface area (Å²) in [4.78, 5) is 0. The maximum Gasteiger partial charge on any atom is 0.180 e. The SMILES string of the molecule is Cc1cccc([Si](C)(C)Cl)c1. The van der Waals surface area contributed by atoms with Crippen molar-refractivity contribution in [3.05, 3.63) is 29.8 Å². The molecule has 0 aromatic heterocycles. The zero-order chi connectivity index (χ0) is 8.48. The third-order valence-electron chi connectivity index (χ3n) is 1.70. The van der Waals surface area contributed by atoms with E-state index in [9.17, 15) is 0 Å². The molecule has 1 rings (SSSR count). The highest BCUT2D eigenvalue weighted by molar-refractivity contribution is 7.26. The number of halogens is 1. The predicted molar refractivity (Wildman–Crippen MR) is 54.1 cm³/mol. The number of benzene rings is 1. The van der Waals surface area contributed by atoms with Crippen LogP contribution in [-0.4, -0.2) is 7.38 Å². The zero-order valence-electron chi connectivity index (χ0n) is 7.19. The Balaban J connectivity index is 3.06. The highest BCUT2D eigenvalue weighted by Crippen LogP contribution is 2.08. The smallest absolute Gasteiger partial charge is 0.162 e. The highest BCUT2D eigenvalue weighted by atomic mass is 35.6. The van der Waals surface area contributed by atoms with E-state index in [-0.39, 0.29) is 0 Å². The first-order chi connectivity index (χ1) is 5.00. The lowest BCUT2D eigenvalue weighted by atomic mass is 10.2. The van der Waals surface area contributed by atoms with Gasteiger partial charge in [0.25, 0.3) is 0 Å². The first-order valence-corrected chi connectivity index (χ1v) is 7.77. The number of rotatable bonds is 1. The van der Waals surface area contributed by atoms with Gasteiger partial charge in [-0.1, -0.05) is 42.9 Å². The molecule has 0 aliphatic rings.